The normalized spacial score (nSPS) is 11.6. The van der Waals surface area contributed by atoms with Gasteiger partial charge in [0.1, 0.15) is 0 Å². The summed E-state index contributed by atoms with van der Waals surface area (Å²) in [6.45, 7) is 4.38. The number of hydrogen-bond acceptors (Lipinski definition) is 3. The maximum Gasteiger partial charge on any atom is 0.0933 e. The molecule has 78 valence electrons. The molecule has 0 spiro atoms. The van der Waals surface area contributed by atoms with Crippen LogP contribution in [-0.4, -0.2) is 17.3 Å². The maximum atomic E-state index is 9.37. The van der Waals surface area contributed by atoms with Crippen molar-refractivity contribution < 1.29 is 9.94 Å². The van der Waals surface area contributed by atoms with Crippen molar-refractivity contribution in [3.05, 3.63) is 35.9 Å². The molecule has 0 saturated heterocycles. The zero-order valence-electron chi connectivity index (χ0n) is 8.66. The second kappa shape index (κ2) is 5.10. The van der Waals surface area contributed by atoms with E-state index in [9.17, 15) is 5.11 Å². The molecule has 3 heteroatoms. The zero-order chi connectivity index (χ0) is 10.4. The van der Waals surface area contributed by atoms with Gasteiger partial charge in [-0.1, -0.05) is 30.3 Å². The molecule has 1 rings (SSSR count). The third-order valence-corrected chi connectivity index (χ3v) is 1.69. The molecule has 2 N–H and O–H groups in total. The van der Waals surface area contributed by atoms with E-state index in [4.69, 9.17) is 4.84 Å². The molecule has 0 heterocycles. The molecule has 0 radical (unpaired) electrons. The number of nitrogens with one attached hydrogen (secondary N) is 1. The second-order valence-electron chi connectivity index (χ2n) is 3.91. The molecule has 14 heavy (non-hydrogen) atoms. The summed E-state index contributed by atoms with van der Waals surface area (Å²) in [4.78, 5) is 5.19. The highest BCUT2D eigenvalue weighted by molar-refractivity contribution is 5.13. The average molecular weight is 195 g/mol. The molecule has 1 aromatic rings. The maximum absolute atomic E-state index is 9.37. The van der Waals surface area contributed by atoms with Gasteiger partial charge in [0.05, 0.1) is 12.2 Å². The first-order chi connectivity index (χ1) is 6.58. The molecule has 0 aliphatic carbocycles. The fourth-order valence-corrected chi connectivity index (χ4v) is 0.936. The minimum absolute atomic E-state index is 0.417. The highest BCUT2D eigenvalue weighted by Crippen LogP contribution is 2.00. The summed E-state index contributed by atoms with van der Waals surface area (Å²) in [5.41, 5.74) is 3.09. The van der Waals surface area contributed by atoms with Gasteiger partial charge in [-0.05, 0) is 19.4 Å². The number of benzene rings is 1. The van der Waals surface area contributed by atoms with Crippen molar-refractivity contribution in [3.63, 3.8) is 0 Å². The van der Waals surface area contributed by atoms with Crippen LogP contribution in [-0.2, 0) is 11.4 Å². The third-order valence-electron chi connectivity index (χ3n) is 1.69. The lowest BCUT2D eigenvalue weighted by molar-refractivity contribution is -0.0232. The lowest BCUT2D eigenvalue weighted by Gasteiger charge is -2.17. The first kappa shape index (κ1) is 11.2. The molecule has 0 aliphatic heterocycles. The van der Waals surface area contributed by atoms with Gasteiger partial charge in [0.25, 0.3) is 0 Å². The van der Waals surface area contributed by atoms with E-state index in [0.29, 0.717) is 13.2 Å². The topological polar surface area (TPSA) is 41.5 Å². The van der Waals surface area contributed by atoms with Crippen LogP contribution in [0.15, 0.2) is 30.3 Å². The highest BCUT2D eigenvalue weighted by atomic mass is 16.6. The molecule has 0 bridgehead atoms. The van der Waals surface area contributed by atoms with Crippen LogP contribution >= 0.6 is 0 Å². The molecule has 3 nitrogen and oxygen atoms in total. The van der Waals surface area contributed by atoms with Crippen LogP contribution in [0.5, 0.6) is 0 Å². The van der Waals surface area contributed by atoms with Gasteiger partial charge in [0, 0.05) is 6.54 Å². The minimum Gasteiger partial charge on any atom is -0.389 e. The molecule has 0 unspecified atom stereocenters. The van der Waals surface area contributed by atoms with Gasteiger partial charge in [0.2, 0.25) is 0 Å². The van der Waals surface area contributed by atoms with Crippen LogP contribution in [0.3, 0.4) is 0 Å². The SMILES string of the molecule is CC(C)(O)CNOCc1ccccc1. The Kier molecular flexibility index (Phi) is 4.07. The van der Waals surface area contributed by atoms with E-state index >= 15 is 0 Å². The summed E-state index contributed by atoms with van der Waals surface area (Å²) in [5, 5.41) is 9.37. The molecule has 0 saturated carbocycles. The Balaban J connectivity index is 2.17. The zero-order valence-corrected chi connectivity index (χ0v) is 8.66. The standard InChI is InChI=1S/C11H17NO2/c1-11(2,13)9-12-14-8-10-6-4-3-5-7-10/h3-7,12-13H,8-9H2,1-2H3. The highest BCUT2D eigenvalue weighted by Gasteiger charge is 2.10. The van der Waals surface area contributed by atoms with E-state index in [2.05, 4.69) is 5.48 Å². The van der Waals surface area contributed by atoms with Gasteiger partial charge in [-0.3, -0.25) is 4.84 Å². The van der Waals surface area contributed by atoms with Crippen LogP contribution < -0.4 is 5.48 Å². The van der Waals surface area contributed by atoms with Gasteiger partial charge in [-0.2, -0.15) is 5.48 Å². The Bertz CT molecular complexity index is 254. The monoisotopic (exact) mass is 195 g/mol. The number of hydroxylamine groups is 1. The lowest BCUT2D eigenvalue weighted by Crippen LogP contribution is -2.34. The van der Waals surface area contributed by atoms with E-state index < -0.39 is 5.60 Å². The fraction of sp³-hybridized carbons (Fsp3) is 0.455. The fourth-order valence-electron chi connectivity index (χ4n) is 0.936. The molecule has 1 aromatic carbocycles. The van der Waals surface area contributed by atoms with Crippen LogP contribution in [0.4, 0.5) is 0 Å². The molecular weight excluding hydrogens is 178 g/mol. The van der Waals surface area contributed by atoms with E-state index in [-0.39, 0.29) is 0 Å². The molecule has 0 aromatic heterocycles. The molecule has 0 aliphatic rings. The Labute approximate surface area is 84.7 Å². The molecule has 0 atom stereocenters. The van der Waals surface area contributed by atoms with Gasteiger partial charge in [0.15, 0.2) is 0 Å². The second-order valence-corrected chi connectivity index (χ2v) is 3.91. The van der Waals surface area contributed by atoms with E-state index in [0.717, 1.165) is 5.56 Å². The predicted molar refractivity (Wildman–Crippen MR) is 55.5 cm³/mol. The summed E-state index contributed by atoms with van der Waals surface area (Å²) in [5.74, 6) is 0. The Morgan fingerprint density at radius 2 is 1.93 bits per heavy atom. The van der Waals surface area contributed by atoms with Crippen molar-refractivity contribution in [2.45, 2.75) is 26.1 Å². The summed E-state index contributed by atoms with van der Waals surface area (Å²) in [6, 6.07) is 9.88. The van der Waals surface area contributed by atoms with Crippen molar-refractivity contribution in [1.29, 1.82) is 0 Å². The molecule has 0 amide bonds. The van der Waals surface area contributed by atoms with Crippen LogP contribution in [0.1, 0.15) is 19.4 Å². The van der Waals surface area contributed by atoms with Gasteiger partial charge >= 0.3 is 0 Å². The van der Waals surface area contributed by atoms with Gasteiger partial charge in [-0.15, -0.1) is 0 Å². The van der Waals surface area contributed by atoms with E-state index in [1.54, 1.807) is 13.8 Å². The van der Waals surface area contributed by atoms with Crippen molar-refractivity contribution in [1.82, 2.24) is 5.48 Å². The summed E-state index contributed by atoms with van der Waals surface area (Å²) >= 11 is 0. The molecular formula is C11H17NO2. The lowest BCUT2D eigenvalue weighted by atomic mass is 10.1. The summed E-state index contributed by atoms with van der Waals surface area (Å²) in [7, 11) is 0. The van der Waals surface area contributed by atoms with E-state index in [1.165, 1.54) is 0 Å². The Hall–Kier alpha value is -0.900. The number of aliphatic hydroxyl groups is 1. The van der Waals surface area contributed by atoms with Crippen LogP contribution in [0, 0.1) is 0 Å². The van der Waals surface area contributed by atoms with E-state index in [1.807, 2.05) is 30.3 Å². The smallest absolute Gasteiger partial charge is 0.0933 e. The largest absolute Gasteiger partial charge is 0.389 e. The average Bonchev–Trinajstić information content (AvgIpc) is 2.13. The summed E-state index contributed by atoms with van der Waals surface area (Å²) in [6.07, 6.45) is 0. The first-order valence-corrected chi connectivity index (χ1v) is 4.69. The van der Waals surface area contributed by atoms with Crippen molar-refractivity contribution >= 4 is 0 Å². The predicted octanol–water partition coefficient (Wildman–Crippen LogP) is 1.48. The minimum atomic E-state index is -0.739. The number of rotatable bonds is 5. The van der Waals surface area contributed by atoms with Crippen LogP contribution in [0.25, 0.3) is 0 Å². The van der Waals surface area contributed by atoms with Crippen molar-refractivity contribution in [3.8, 4) is 0 Å². The van der Waals surface area contributed by atoms with Crippen LogP contribution in [0.2, 0.25) is 0 Å². The Morgan fingerprint density at radius 1 is 1.29 bits per heavy atom. The summed E-state index contributed by atoms with van der Waals surface area (Å²) < 4.78 is 0. The molecule has 0 fully saturated rings. The third kappa shape index (κ3) is 4.97. The van der Waals surface area contributed by atoms with Crippen molar-refractivity contribution in [2.75, 3.05) is 6.54 Å². The van der Waals surface area contributed by atoms with Crippen molar-refractivity contribution in [2.24, 2.45) is 0 Å². The van der Waals surface area contributed by atoms with Gasteiger partial charge in [-0.25, -0.2) is 0 Å². The van der Waals surface area contributed by atoms with Gasteiger partial charge < -0.3 is 5.11 Å². The first-order valence-electron chi connectivity index (χ1n) is 4.69. The Morgan fingerprint density at radius 3 is 2.50 bits per heavy atom. The number of hydrogen-bond donors (Lipinski definition) is 2. The quantitative estimate of drug-likeness (QED) is 0.552.